The Morgan fingerprint density at radius 2 is 1.02 bits per heavy atom. The van der Waals surface area contributed by atoms with Crippen molar-refractivity contribution < 1.29 is 41.0 Å². The summed E-state index contributed by atoms with van der Waals surface area (Å²) in [6.45, 7) is 15.2. The van der Waals surface area contributed by atoms with E-state index in [4.69, 9.17) is 42.9 Å². The molecule has 2 aromatic carbocycles. The molecular weight excluding hydrogens is 1160 g/mol. The lowest BCUT2D eigenvalue weighted by molar-refractivity contribution is 0.0696. The summed E-state index contributed by atoms with van der Waals surface area (Å²) in [6, 6.07) is 23.1. The van der Waals surface area contributed by atoms with Gasteiger partial charge in [0.1, 0.15) is 10.3 Å². The molecule has 460 valence electrons. The van der Waals surface area contributed by atoms with Crippen molar-refractivity contribution in [2.75, 3.05) is 13.2 Å². The summed E-state index contributed by atoms with van der Waals surface area (Å²) in [6.07, 6.45) is 27.7. The number of nitrogens with zero attached hydrogens (tertiary/aromatic N) is 6. The Morgan fingerprint density at radius 3 is 1.40 bits per heavy atom. The number of carboxylic acids is 1. The molecule has 4 fully saturated rings. The lowest BCUT2D eigenvalue weighted by atomic mass is 9.89. The smallest absolute Gasteiger partial charge is 0.338 e. The number of aromatic carboxylic acids is 1. The van der Waals surface area contributed by atoms with E-state index in [-0.39, 0.29) is 31.2 Å². The number of amides is 1. The number of hydrogen-bond donors (Lipinski definition) is 3. The summed E-state index contributed by atoms with van der Waals surface area (Å²) in [4.78, 5) is 32.3. The zero-order chi connectivity index (χ0) is 61.2. The maximum atomic E-state index is 12.9. The summed E-state index contributed by atoms with van der Waals surface area (Å²) >= 11 is 12.2. The van der Waals surface area contributed by atoms with Crippen molar-refractivity contribution in [2.45, 2.75) is 180 Å². The summed E-state index contributed by atoms with van der Waals surface area (Å²) < 4.78 is 64.7. The molecular formula is C64H84Cl2N8O9S2. The maximum Gasteiger partial charge on any atom is 0.338 e. The van der Waals surface area contributed by atoms with E-state index in [1.54, 1.807) is 48.8 Å². The fourth-order valence-electron chi connectivity index (χ4n) is 11.3. The largest absolute Gasteiger partial charge is 0.478 e. The zero-order valence-electron chi connectivity index (χ0n) is 50.0. The van der Waals surface area contributed by atoms with Crippen molar-refractivity contribution in [2.24, 2.45) is 38.6 Å². The van der Waals surface area contributed by atoms with Gasteiger partial charge < -0.3 is 14.6 Å². The van der Waals surface area contributed by atoms with Gasteiger partial charge >= 0.3 is 5.97 Å². The number of carbonyl (C=O) groups is 2. The van der Waals surface area contributed by atoms with Crippen LogP contribution in [0.25, 0.3) is 11.6 Å². The van der Waals surface area contributed by atoms with E-state index in [1.165, 1.54) is 136 Å². The Balaban J connectivity index is 0.000000183. The number of aromatic nitrogens is 6. The van der Waals surface area contributed by atoms with Crippen molar-refractivity contribution in [1.29, 1.82) is 0 Å². The first-order valence-corrected chi connectivity index (χ1v) is 33.7. The number of halogens is 2. The van der Waals surface area contributed by atoms with Crippen molar-refractivity contribution >= 4 is 55.1 Å². The highest BCUT2D eigenvalue weighted by molar-refractivity contribution is 7.90. The number of primary sulfonamides is 1. The van der Waals surface area contributed by atoms with Crippen LogP contribution in [0.2, 0.25) is 10.3 Å². The average Bonchev–Trinajstić information content (AvgIpc) is 4.19. The topological polar surface area (TPSA) is 241 Å². The third kappa shape index (κ3) is 19.8. The summed E-state index contributed by atoms with van der Waals surface area (Å²) in [5, 5.41) is 22.5. The molecule has 6 aromatic rings. The van der Waals surface area contributed by atoms with Crippen LogP contribution in [0.4, 0.5) is 0 Å². The molecule has 4 aliphatic carbocycles. The number of rotatable bonds is 25. The molecule has 1 amide bonds. The lowest BCUT2D eigenvalue weighted by Gasteiger charge is -2.17. The standard InChI is InChI=1S/C32H41ClN4O4S.C17H27NO2S.C15H16ClN3O3/c1-31(2)16-14-24(22-31)7-5-4-6-23-8-10-25(11-9-23)42(39,40)36-30(38)26-12-13-27(34-29(26)33)37-20-15-28(35-37)41-21-19-32(3)17-18-32;1-17(2)12-11-15(13-17)6-4-3-5-14-7-9-16(10-8-14)21(18,19)20;1-15(5-6-15)7-9-22-12-4-8-19(18-12)11-3-2-10(14(20)21)13(16)17-11/h8-13,15,20,24H,4-7,14,16-19,21-22H2,1-3H3,(H,36,38);7-10,15H,3-6,11-13H2,1-2H3,(H2,18,19,20);2-4,8H,5-7,9H2,1H3,(H,20,21). The summed E-state index contributed by atoms with van der Waals surface area (Å²) in [5.74, 6) is 1.60. The minimum Gasteiger partial charge on any atom is -0.478 e. The molecule has 0 aliphatic heterocycles. The number of unbranched alkanes of at least 4 members (excludes halogenated alkanes) is 2. The quantitative estimate of drug-likeness (QED) is 0.0357. The van der Waals surface area contributed by atoms with Crippen LogP contribution in [-0.4, -0.2) is 76.6 Å². The molecule has 4 heterocycles. The molecule has 4 N–H and O–H groups in total. The fourth-order valence-corrected chi connectivity index (χ4v) is 13.2. The molecule has 2 atom stereocenters. The minimum absolute atomic E-state index is 0.0215. The molecule has 4 saturated carbocycles. The van der Waals surface area contributed by atoms with Gasteiger partial charge in [-0.1, -0.05) is 115 Å². The Hall–Kier alpha value is -5.86. The van der Waals surface area contributed by atoms with Gasteiger partial charge in [0.05, 0.1) is 34.1 Å². The highest BCUT2D eigenvalue weighted by Gasteiger charge is 2.38. The first-order chi connectivity index (χ1) is 40.1. The second kappa shape index (κ2) is 27.9. The Morgan fingerprint density at radius 1 is 0.600 bits per heavy atom. The van der Waals surface area contributed by atoms with Crippen LogP contribution in [0.3, 0.4) is 0 Å². The SMILES string of the molecule is CC1(C)CCC(CCCCc2ccc(S(=O)(=O)NC(=O)c3ccc(-n4ccc(OCCC5(C)CC5)n4)nc3Cl)cc2)C1.CC1(C)CCC(CCCCc2ccc(S(N)(=O)=O)cc2)C1.CC1(CCOc2ccn(-c3ccc(C(=O)O)c(Cl)n3)n2)CC1. The molecule has 21 heteroatoms. The molecule has 0 radical (unpaired) electrons. The Labute approximate surface area is 512 Å². The molecule has 17 nitrogen and oxygen atoms in total. The van der Waals surface area contributed by atoms with Crippen molar-refractivity contribution in [3.63, 3.8) is 0 Å². The number of carbonyl (C=O) groups excluding carboxylic acids is 1. The van der Waals surface area contributed by atoms with Gasteiger partial charge in [-0.15, -0.1) is 10.2 Å². The predicted octanol–water partition coefficient (Wildman–Crippen LogP) is 14.2. The van der Waals surface area contributed by atoms with Gasteiger partial charge in [-0.3, -0.25) is 4.79 Å². The highest BCUT2D eigenvalue weighted by atomic mass is 35.5. The third-order valence-electron chi connectivity index (χ3n) is 17.4. The highest BCUT2D eigenvalue weighted by Crippen LogP contribution is 2.49. The number of benzene rings is 2. The van der Waals surface area contributed by atoms with Crippen LogP contribution < -0.4 is 19.3 Å². The van der Waals surface area contributed by atoms with Gasteiger partial charge in [0.2, 0.25) is 21.8 Å². The van der Waals surface area contributed by atoms with Crippen LogP contribution >= 0.6 is 23.2 Å². The van der Waals surface area contributed by atoms with Crippen molar-refractivity contribution in [3.8, 4) is 23.4 Å². The molecule has 10 rings (SSSR count). The van der Waals surface area contributed by atoms with Crippen LogP contribution in [0.15, 0.2) is 107 Å². The number of aryl methyl sites for hydroxylation is 2. The van der Waals surface area contributed by atoms with E-state index in [1.807, 2.05) is 24.3 Å². The van der Waals surface area contributed by atoms with E-state index in [0.29, 0.717) is 58.3 Å². The zero-order valence-corrected chi connectivity index (χ0v) is 53.1. The second-order valence-corrected chi connectivity index (χ2v) is 30.1. The van der Waals surface area contributed by atoms with Gasteiger partial charge in [0, 0.05) is 24.5 Å². The van der Waals surface area contributed by atoms with Crippen LogP contribution in [0, 0.1) is 33.5 Å². The van der Waals surface area contributed by atoms with Crippen LogP contribution in [-0.2, 0) is 32.9 Å². The molecule has 0 bridgehead atoms. The van der Waals surface area contributed by atoms with Crippen LogP contribution in [0.1, 0.15) is 189 Å². The Kier molecular flexibility index (Phi) is 21.4. The molecule has 2 unspecified atom stereocenters. The van der Waals surface area contributed by atoms with E-state index in [2.05, 4.69) is 66.4 Å². The normalized spacial score (nSPS) is 18.7. The summed E-state index contributed by atoms with van der Waals surface area (Å²) in [7, 11) is -7.65. The van der Waals surface area contributed by atoms with Gasteiger partial charge in [-0.25, -0.2) is 50.8 Å². The van der Waals surface area contributed by atoms with Crippen molar-refractivity contribution in [1.82, 2.24) is 34.3 Å². The number of carboxylic acid groups (broad SMARTS) is 1. The van der Waals surface area contributed by atoms with E-state index >= 15 is 0 Å². The minimum atomic E-state index is -4.08. The van der Waals surface area contributed by atoms with Crippen LogP contribution in [0.5, 0.6) is 11.8 Å². The molecule has 0 saturated heterocycles. The molecule has 4 aromatic heterocycles. The maximum absolute atomic E-state index is 12.9. The van der Waals surface area contributed by atoms with Gasteiger partial charge in [-0.05, 0) is 196 Å². The number of ether oxygens (including phenoxy) is 2. The number of sulfonamides is 2. The fraction of sp³-hybridized carbons (Fsp3) is 0.531. The number of pyridine rings is 2. The van der Waals surface area contributed by atoms with E-state index in [0.717, 1.165) is 49.5 Å². The Bertz CT molecular complexity index is 3470. The first-order valence-electron chi connectivity index (χ1n) is 29.9. The summed E-state index contributed by atoms with van der Waals surface area (Å²) in [5.41, 5.74) is 4.07. The molecule has 85 heavy (non-hydrogen) atoms. The first kappa shape index (κ1) is 65.1. The van der Waals surface area contributed by atoms with Gasteiger partial charge in [-0.2, -0.15) is 0 Å². The lowest BCUT2D eigenvalue weighted by Crippen LogP contribution is -2.31. The third-order valence-corrected chi connectivity index (χ3v) is 20.2. The van der Waals surface area contributed by atoms with E-state index in [9.17, 15) is 26.4 Å². The van der Waals surface area contributed by atoms with Crippen molar-refractivity contribution in [3.05, 3.63) is 130 Å². The van der Waals surface area contributed by atoms with Gasteiger partial charge in [0.25, 0.3) is 15.9 Å². The number of hydrogen-bond acceptors (Lipinski definition) is 12. The number of nitrogens with one attached hydrogen (secondary N) is 1. The predicted molar refractivity (Wildman–Crippen MR) is 331 cm³/mol. The van der Waals surface area contributed by atoms with E-state index < -0.39 is 31.9 Å². The molecule has 4 aliphatic rings. The second-order valence-electron chi connectivity index (χ2n) is 26.1. The molecule has 0 spiro atoms. The monoisotopic (exact) mass is 1240 g/mol. The average molecular weight is 1240 g/mol. The number of nitrogens with two attached hydrogens (primary N) is 1. The van der Waals surface area contributed by atoms with Gasteiger partial charge in [0.15, 0.2) is 11.6 Å².